The van der Waals surface area contributed by atoms with Crippen LogP contribution in [0.25, 0.3) is 22.2 Å². The first kappa shape index (κ1) is 17.9. The van der Waals surface area contributed by atoms with E-state index in [4.69, 9.17) is 9.97 Å². The van der Waals surface area contributed by atoms with Crippen molar-refractivity contribution in [3.8, 4) is 11.3 Å². The number of rotatable bonds is 5. The number of nitrogens with zero attached hydrogens (tertiary/aromatic N) is 4. The van der Waals surface area contributed by atoms with Crippen LogP contribution in [-0.2, 0) is 0 Å². The van der Waals surface area contributed by atoms with Crippen molar-refractivity contribution in [2.24, 2.45) is 0 Å². The van der Waals surface area contributed by atoms with Gasteiger partial charge < -0.3 is 10.2 Å². The highest BCUT2D eigenvalue weighted by molar-refractivity contribution is 5.93. The first-order valence-electron chi connectivity index (χ1n) is 9.69. The number of hydrogen-bond donors (Lipinski definition) is 1. The van der Waals surface area contributed by atoms with Gasteiger partial charge in [-0.3, -0.25) is 4.90 Å². The first-order valence-corrected chi connectivity index (χ1v) is 9.69. The van der Waals surface area contributed by atoms with Crippen molar-refractivity contribution in [3.63, 3.8) is 0 Å². The predicted molar refractivity (Wildman–Crippen MR) is 112 cm³/mol. The largest absolute Gasteiger partial charge is 0.353 e. The molecule has 0 radical (unpaired) electrons. The number of fused-ring (bicyclic) bond motifs is 1. The molecule has 5 heteroatoms. The Labute approximate surface area is 161 Å². The van der Waals surface area contributed by atoms with Crippen LogP contribution in [0.4, 0.5) is 5.95 Å². The zero-order valence-corrected chi connectivity index (χ0v) is 16.1. The SMILES string of the molecule is CC(CNc1nc(-c2ccccc2)c2ccccc2n1)N1CCN(C)CC1. The summed E-state index contributed by atoms with van der Waals surface area (Å²) in [5.41, 5.74) is 3.07. The van der Waals surface area contributed by atoms with E-state index in [1.54, 1.807) is 0 Å². The average molecular weight is 361 g/mol. The van der Waals surface area contributed by atoms with Gasteiger partial charge in [0.15, 0.2) is 0 Å². The van der Waals surface area contributed by atoms with E-state index in [9.17, 15) is 0 Å². The van der Waals surface area contributed by atoms with Crippen LogP contribution in [0.15, 0.2) is 54.6 Å². The van der Waals surface area contributed by atoms with Crippen LogP contribution >= 0.6 is 0 Å². The highest BCUT2D eigenvalue weighted by atomic mass is 15.3. The van der Waals surface area contributed by atoms with Gasteiger partial charge in [-0.2, -0.15) is 0 Å². The van der Waals surface area contributed by atoms with Crippen LogP contribution < -0.4 is 5.32 Å². The fourth-order valence-electron chi connectivity index (χ4n) is 3.60. The van der Waals surface area contributed by atoms with Crippen LogP contribution in [0, 0.1) is 0 Å². The molecule has 5 nitrogen and oxygen atoms in total. The Morgan fingerprint density at radius 2 is 1.63 bits per heavy atom. The zero-order chi connectivity index (χ0) is 18.6. The van der Waals surface area contributed by atoms with Crippen molar-refractivity contribution >= 4 is 16.9 Å². The van der Waals surface area contributed by atoms with Gasteiger partial charge in [0.2, 0.25) is 5.95 Å². The number of aromatic nitrogens is 2. The molecule has 0 aliphatic carbocycles. The Morgan fingerprint density at radius 1 is 0.926 bits per heavy atom. The van der Waals surface area contributed by atoms with Gasteiger partial charge >= 0.3 is 0 Å². The lowest BCUT2D eigenvalue weighted by Crippen LogP contribution is -2.50. The topological polar surface area (TPSA) is 44.3 Å². The predicted octanol–water partition coefficient (Wildman–Crippen LogP) is 3.34. The summed E-state index contributed by atoms with van der Waals surface area (Å²) in [4.78, 5) is 14.5. The zero-order valence-electron chi connectivity index (χ0n) is 16.1. The molecule has 2 aromatic carbocycles. The number of nitrogens with one attached hydrogen (secondary N) is 1. The lowest BCUT2D eigenvalue weighted by molar-refractivity contribution is 0.123. The second kappa shape index (κ2) is 8.03. The molecule has 1 saturated heterocycles. The van der Waals surface area contributed by atoms with Gasteiger partial charge in [-0.1, -0.05) is 48.5 Å². The molecule has 1 fully saturated rings. The molecule has 4 rings (SSSR count). The van der Waals surface area contributed by atoms with Crippen LogP contribution in [0.5, 0.6) is 0 Å². The second-order valence-electron chi connectivity index (χ2n) is 7.35. The summed E-state index contributed by atoms with van der Waals surface area (Å²) in [5, 5.41) is 4.56. The summed E-state index contributed by atoms with van der Waals surface area (Å²) in [6.45, 7) is 7.62. The number of hydrogen-bond acceptors (Lipinski definition) is 5. The maximum Gasteiger partial charge on any atom is 0.223 e. The third-order valence-electron chi connectivity index (χ3n) is 5.37. The number of likely N-dealkylation sites (N-methyl/N-ethyl adjacent to an activating group) is 1. The van der Waals surface area contributed by atoms with Crippen molar-refractivity contribution in [3.05, 3.63) is 54.6 Å². The average Bonchev–Trinajstić information content (AvgIpc) is 2.72. The highest BCUT2D eigenvalue weighted by Gasteiger charge is 2.19. The fourth-order valence-corrected chi connectivity index (χ4v) is 3.60. The van der Waals surface area contributed by atoms with E-state index in [1.165, 1.54) is 0 Å². The maximum absolute atomic E-state index is 4.85. The molecule has 0 saturated carbocycles. The minimum Gasteiger partial charge on any atom is -0.353 e. The van der Waals surface area contributed by atoms with E-state index >= 15 is 0 Å². The summed E-state index contributed by atoms with van der Waals surface area (Å²) in [6.07, 6.45) is 0. The van der Waals surface area contributed by atoms with Crippen LogP contribution in [-0.4, -0.2) is 65.6 Å². The molecule has 1 N–H and O–H groups in total. The Morgan fingerprint density at radius 3 is 2.41 bits per heavy atom. The van der Waals surface area contributed by atoms with Gasteiger partial charge in [0, 0.05) is 49.7 Å². The van der Waals surface area contributed by atoms with Crippen molar-refractivity contribution < 1.29 is 0 Å². The summed E-state index contributed by atoms with van der Waals surface area (Å²) in [7, 11) is 2.19. The Hall–Kier alpha value is -2.50. The Kier molecular flexibility index (Phi) is 5.32. The Bertz CT molecular complexity index is 888. The van der Waals surface area contributed by atoms with Gasteiger partial charge in [-0.05, 0) is 20.0 Å². The quantitative estimate of drug-likeness (QED) is 0.755. The molecule has 1 aliphatic rings. The van der Waals surface area contributed by atoms with E-state index in [1.807, 2.05) is 18.2 Å². The lowest BCUT2D eigenvalue weighted by Gasteiger charge is -2.36. The van der Waals surface area contributed by atoms with E-state index < -0.39 is 0 Å². The molecule has 1 aromatic heterocycles. The molecule has 0 amide bonds. The molecule has 140 valence electrons. The minimum absolute atomic E-state index is 0.453. The van der Waals surface area contributed by atoms with Crippen molar-refractivity contribution in [2.75, 3.05) is 45.1 Å². The van der Waals surface area contributed by atoms with Crippen LogP contribution in [0.1, 0.15) is 6.92 Å². The van der Waals surface area contributed by atoms with E-state index in [2.05, 4.69) is 65.5 Å². The van der Waals surface area contributed by atoms with Gasteiger partial charge in [-0.25, -0.2) is 9.97 Å². The highest BCUT2D eigenvalue weighted by Crippen LogP contribution is 2.27. The molecule has 0 bridgehead atoms. The van der Waals surface area contributed by atoms with E-state index in [0.717, 1.165) is 54.9 Å². The summed E-state index contributed by atoms with van der Waals surface area (Å²) < 4.78 is 0. The molecule has 1 aliphatic heterocycles. The molecule has 0 spiro atoms. The van der Waals surface area contributed by atoms with Crippen molar-refractivity contribution in [1.29, 1.82) is 0 Å². The molecule has 1 atom stereocenters. The number of anilines is 1. The van der Waals surface area contributed by atoms with Gasteiger partial charge in [0.05, 0.1) is 11.2 Å². The third kappa shape index (κ3) is 4.10. The van der Waals surface area contributed by atoms with Gasteiger partial charge in [0.25, 0.3) is 0 Å². The Balaban J connectivity index is 1.55. The van der Waals surface area contributed by atoms with Gasteiger partial charge in [0.1, 0.15) is 0 Å². The standard InChI is InChI=1S/C22H27N5/c1-17(27-14-12-26(2)13-15-27)16-23-22-24-20-11-7-6-10-19(20)21(25-22)18-8-4-3-5-9-18/h3-11,17H,12-16H2,1-2H3,(H,23,24,25). The van der Waals surface area contributed by atoms with Crippen molar-refractivity contribution in [2.45, 2.75) is 13.0 Å². The molecular weight excluding hydrogens is 334 g/mol. The van der Waals surface area contributed by atoms with E-state index in [0.29, 0.717) is 12.0 Å². The third-order valence-corrected chi connectivity index (χ3v) is 5.37. The van der Waals surface area contributed by atoms with E-state index in [-0.39, 0.29) is 0 Å². The maximum atomic E-state index is 4.85. The molecule has 3 aromatic rings. The van der Waals surface area contributed by atoms with Crippen LogP contribution in [0.3, 0.4) is 0 Å². The summed E-state index contributed by atoms with van der Waals surface area (Å²) >= 11 is 0. The first-order chi connectivity index (χ1) is 13.2. The smallest absolute Gasteiger partial charge is 0.223 e. The van der Waals surface area contributed by atoms with Crippen molar-refractivity contribution in [1.82, 2.24) is 19.8 Å². The summed E-state index contributed by atoms with van der Waals surface area (Å²) in [5.74, 6) is 0.702. The minimum atomic E-state index is 0.453. The number of piperazine rings is 1. The fraction of sp³-hybridized carbons (Fsp3) is 0.364. The van der Waals surface area contributed by atoms with Gasteiger partial charge in [-0.15, -0.1) is 0 Å². The normalized spacial score (nSPS) is 17.1. The molecule has 27 heavy (non-hydrogen) atoms. The molecule has 2 heterocycles. The number of benzene rings is 2. The monoisotopic (exact) mass is 361 g/mol. The lowest BCUT2D eigenvalue weighted by atomic mass is 10.1. The molecular formula is C22H27N5. The molecule has 1 unspecified atom stereocenters. The second-order valence-corrected chi connectivity index (χ2v) is 7.35. The van der Waals surface area contributed by atoms with Crippen LogP contribution in [0.2, 0.25) is 0 Å². The summed E-state index contributed by atoms with van der Waals surface area (Å²) in [6, 6.07) is 19.0. The number of para-hydroxylation sites is 1.